The maximum Gasteiger partial charge on any atom is 0.223 e. The average molecular weight is 310 g/mol. The lowest BCUT2D eigenvalue weighted by atomic mass is 10.5. The molecule has 0 aromatic carbocycles. The Hall–Kier alpha value is -0.530. The molecule has 1 aromatic heterocycles. The van der Waals surface area contributed by atoms with E-state index >= 15 is 0 Å². The van der Waals surface area contributed by atoms with Crippen molar-refractivity contribution < 1.29 is 8.42 Å². The smallest absolute Gasteiger partial charge is 0.223 e. The summed E-state index contributed by atoms with van der Waals surface area (Å²) >= 11 is 7.28. The molecule has 0 aliphatic heterocycles. The third-order valence-electron chi connectivity index (χ3n) is 1.94. The van der Waals surface area contributed by atoms with Crippen LogP contribution < -0.4 is 5.32 Å². The molecule has 18 heavy (non-hydrogen) atoms. The lowest BCUT2D eigenvalue weighted by Crippen LogP contribution is -2.07. The molecule has 1 N–H and O–H groups in total. The number of nitrogens with zero attached hydrogens (tertiary/aromatic N) is 2. The molecule has 1 rings (SSSR count). The van der Waals surface area contributed by atoms with E-state index in [1.165, 1.54) is 24.2 Å². The normalized spacial score (nSPS) is 11.5. The van der Waals surface area contributed by atoms with E-state index in [9.17, 15) is 8.42 Å². The van der Waals surface area contributed by atoms with E-state index in [-0.39, 0.29) is 5.75 Å². The molecule has 0 amide bonds. The van der Waals surface area contributed by atoms with Gasteiger partial charge in [-0.25, -0.2) is 18.4 Å². The minimum atomic E-state index is -2.95. The second-order valence-electron chi connectivity index (χ2n) is 3.75. The van der Waals surface area contributed by atoms with Crippen LogP contribution >= 0.6 is 23.4 Å². The van der Waals surface area contributed by atoms with Gasteiger partial charge in [0.25, 0.3) is 0 Å². The summed E-state index contributed by atoms with van der Waals surface area (Å²) < 4.78 is 22.0. The van der Waals surface area contributed by atoms with Crippen LogP contribution in [0.3, 0.4) is 0 Å². The zero-order valence-corrected chi connectivity index (χ0v) is 12.7. The van der Waals surface area contributed by atoms with Crippen LogP contribution in [-0.2, 0) is 9.84 Å². The van der Waals surface area contributed by atoms with Gasteiger partial charge in [-0.15, -0.1) is 11.8 Å². The third kappa shape index (κ3) is 5.88. The first-order chi connectivity index (χ1) is 8.42. The van der Waals surface area contributed by atoms with Gasteiger partial charge in [0.15, 0.2) is 0 Å². The van der Waals surface area contributed by atoms with Gasteiger partial charge in [0.2, 0.25) is 5.95 Å². The highest BCUT2D eigenvalue weighted by molar-refractivity contribution is 8.00. The zero-order valence-electron chi connectivity index (χ0n) is 10.3. The van der Waals surface area contributed by atoms with Crippen LogP contribution in [0.15, 0.2) is 11.2 Å². The van der Waals surface area contributed by atoms with Crippen LogP contribution in [-0.4, -0.2) is 42.7 Å². The number of aromatic nitrogens is 2. The SMILES string of the molecule is CCCNc1ncc(Cl)c(SCCS(C)(=O)=O)n1. The molecule has 0 atom stereocenters. The van der Waals surface area contributed by atoms with Crippen molar-refractivity contribution in [3.63, 3.8) is 0 Å². The van der Waals surface area contributed by atoms with Crippen molar-refractivity contribution in [2.45, 2.75) is 18.4 Å². The number of sulfone groups is 1. The first-order valence-corrected chi connectivity index (χ1v) is 8.91. The molecular weight excluding hydrogens is 294 g/mol. The molecule has 8 heteroatoms. The highest BCUT2D eigenvalue weighted by Gasteiger charge is 2.08. The van der Waals surface area contributed by atoms with Gasteiger partial charge in [-0.2, -0.15) is 0 Å². The molecule has 102 valence electrons. The molecule has 5 nitrogen and oxygen atoms in total. The quantitative estimate of drug-likeness (QED) is 0.614. The van der Waals surface area contributed by atoms with E-state index < -0.39 is 9.84 Å². The fraction of sp³-hybridized carbons (Fsp3) is 0.600. The van der Waals surface area contributed by atoms with Crippen molar-refractivity contribution in [3.8, 4) is 0 Å². The topological polar surface area (TPSA) is 72.0 Å². The van der Waals surface area contributed by atoms with Gasteiger partial charge in [-0.3, -0.25) is 0 Å². The van der Waals surface area contributed by atoms with Crippen molar-refractivity contribution >= 4 is 39.1 Å². The maximum absolute atomic E-state index is 11.0. The average Bonchev–Trinajstić information content (AvgIpc) is 2.28. The van der Waals surface area contributed by atoms with Crippen LogP contribution in [0.2, 0.25) is 5.02 Å². The third-order valence-corrected chi connectivity index (χ3v) is 4.52. The van der Waals surface area contributed by atoms with Crippen LogP contribution in [0, 0.1) is 0 Å². The second-order valence-corrected chi connectivity index (χ2v) is 7.50. The summed E-state index contributed by atoms with van der Waals surface area (Å²) in [5, 5.41) is 4.10. The molecular formula is C10H16ClN3O2S2. The Morgan fingerprint density at radius 2 is 2.22 bits per heavy atom. The number of nitrogens with one attached hydrogen (secondary N) is 1. The van der Waals surface area contributed by atoms with Gasteiger partial charge in [0.1, 0.15) is 14.9 Å². The standard InChI is InChI=1S/C10H16ClN3O2S2/c1-3-4-12-10-13-7-8(11)9(14-10)17-5-6-18(2,15)16/h7H,3-6H2,1-2H3,(H,12,13,14). The Kier molecular flexibility index (Phi) is 6.17. The van der Waals surface area contributed by atoms with E-state index in [1.54, 1.807) is 0 Å². The molecule has 0 radical (unpaired) electrons. The summed E-state index contributed by atoms with van der Waals surface area (Å²) in [6, 6.07) is 0. The van der Waals surface area contributed by atoms with Crippen LogP contribution in [0.4, 0.5) is 5.95 Å². The van der Waals surface area contributed by atoms with E-state index in [0.717, 1.165) is 13.0 Å². The Morgan fingerprint density at radius 1 is 1.50 bits per heavy atom. The maximum atomic E-state index is 11.0. The molecule has 0 aliphatic carbocycles. The lowest BCUT2D eigenvalue weighted by molar-refractivity contribution is 0.603. The molecule has 0 saturated carbocycles. The molecule has 0 saturated heterocycles. The summed E-state index contributed by atoms with van der Waals surface area (Å²) in [6.45, 7) is 2.83. The van der Waals surface area contributed by atoms with Crippen LogP contribution in [0.25, 0.3) is 0 Å². The summed E-state index contributed by atoms with van der Waals surface area (Å²) in [4.78, 5) is 8.29. The highest BCUT2D eigenvalue weighted by Crippen LogP contribution is 2.25. The van der Waals surface area contributed by atoms with Gasteiger partial charge >= 0.3 is 0 Å². The Bertz CT molecular complexity index is 494. The second kappa shape index (κ2) is 7.16. The van der Waals surface area contributed by atoms with Gasteiger partial charge in [-0.1, -0.05) is 18.5 Å². The molecule has 0 fully saturated rings. The first kappa shape index (κ1) is 15.5. The van der Waals surface area contributed by atoms with Gasteiger partial charge in [0, 0.05) is 18.6 Å². The van der Waals surface area contributed by atoms with Crippen molar-refractivity contribution in [2.24, 2.45) is 0 Å². The Balaban J connectivity index is 2.63. The molecule has 0 bridgehead atoms. The number of hydrogen-bond acceptors (Lipinski definition) is 6. The molecule has 0 aliphatic rings. The minimum absolute atomic E-state index is 0.107. The molecule has 0 unspecified atom stereocenters. The van der Waals surface area contributed by atoms with Crippen molar-refractivity contribution in [1.29, 1.82) is 0 Å². The van der Waals surface area contributed by atoms with Crippen LogP contribution in [0.5, 0.6) is 0 Å². The predicted octanol–water partition coefficient (Wildman–Crippen LogP) is 2.09. The van der Waals surface area contributed by atoms with Gasteiger partial charge in [0.05, 0.1) is 17.0 Å². The molecule has 1 heterocycles. The van der Waals surface area contributed by atoms with E-state index in [2.05, 4.69) is 15.3 Å². The lowest BCUT2D eigenvalue weighted by Gasteiger charge is -2.06. The largest absolute Gasteiger partial charge is 0.354 e. The summed E-state index contributed by atoms with van der Waals surface area (Å²) in [5.74, 6) is 1.06. The van der Waals surface area contributed by atoms with Crippen molar-refractivity contribution in [1.82, 2.24) is 9.97 Å². The van der Waals surface area contributed by atoms with E-state index in [0.29, 0.717) is 21.7 Å². The van der Waals surface area contributed by atoms with Crippen LogP contribution in [0.1, 0.15) is 13.3 Å². The van der Waals surface area contributed by atoms with Gasteiger partial charge in [-0.05, 0) is 6.42 Å². The number of thioether (sulfide) groups is 1. The first-order valence-electron chi connectivity index (χ1n) is 5.49. The fourth-order valence-electron chi connectivity index (χ4n) is 1.06. The predicted molar refractivity (Wildman–Crippen MR) is 76.3 cm³/mol. The number of anilines is 1. The number of halogens is 1. The Labute approximate surface area is 117 Å². The summed E-state index contributed by atoms with van der Waals surface area (Å²) in [7, 11) is -2.95. The van der Waals surface area contributed by atoms with E-state index in [1.807, 2.05) is 6.92 Å². The minimum Gasteiger partial charge on any atom is -0.354 e. The molecule has 0 spiro atoms. The summed E-state index contributed by atoms with van der Waals surface area (Å²) in [5.41, 5.74) is 0. The summed E-state index contributed by atoms with van der Waals surface area (Å²) in [6.07, 6.45) is 3.71. The number of rotatable bonds is 7. The Morgan fingerprint density at radius 3 is 2.83 bits per heavy atom. The monoisotopic (exact) mass is 309 g/mol. The zero-order chi connectivity index (χ0) is 13.6. The number of hydrogen-bond donors (Lipinski definition) is 1. The van der Waals surface area contributed by atoms with Gasteiger partial charge < -0.3 is 5.32 Å². The highest BCUT2D eigenvalue weighted by atomic mass is 35.5. The van der Waals surface area contributed by atoms with Crippen molar-refractivity contribution in [2.75, 3.05) is 29.6 Å². The molecule has 1 aromatic rings. The van der Waals surface area contributed by atoms with Crippen molar-refractivity contribution in [3.05, 3.63) is 11.2 Å². The van der Waals surface area contributed by atoms with E-state index in [4.69, 9.17) is 11.6 Å². The fourth-order valence-corrected chi connectivity index (χ4v) is 3.40.